The number of nitrogens with one attached hydrogen (secondary N) is 2. The van der Waals surface area contributed by atoms with E-state index in [-0.39, 0.29) is 17.2 Å². The average molecular weight is 327 g/mol. The summed E-state index contributed by atoms with van der Waals surface area (Å²) in [6.07, 6.45) is 6.35. The van der Waals surface area contributed by atoms with Crippen LogP contribution in [0.2, 0.25) is 0 Å². The van der Waals surface area contributed by atoms with Crippen molar-refractivity contribution in [3.05, 3.63) is 47.5 Å². The summed E-state index contributed by atoms with van der Waals surface area (Å²) in [5, 5.41) is 9.66. The summed E-state index contributed by atoms with van der Waals surface area (Å²) in [4.78, 5) is 30.4. The minimum Gasteiger partial charge on any atom is -0.355 e. The molecule has 0 aliphatic carbocycles. The number of amides is 2. The Balaban J connectivity index is 1.74. The fourth-order valence-electron chi connectivity index (χ4n) is 3.18. The van der Waals surface area contributed by atoms with E-state index < -0.39 is 0 Å². The van der Waals surface area contributed by atoms with Crippen LogP contribution in [0.25, 0.3) is 0 Å². The van der Waals surface area contributed by atoms with Crippen LogP contribution in [0.15, 0.2) is 30.7 Å². The Morgan fingerprint density at radius 3 is 2.67 bits per heavy atom. The Kier molecular flexibility index (Phi) is 4.33. The van der Waals surface area contributed by atoms with Gasteiger partial charge in [-0.3, -0.25) is 19.7 Å². The van der Waals surface area contributed by atoms with Crippen LogP contribution in [0.5, 0.6) is 0 Å². The number of aromatic amines is 1. The maximum absolute atomic E-state index is 12.5. The van der Waals surface area contributed by atoms with Gasteiger partial charge in [-0.15, -0.1) is 0 Å². The van der Waals surface area contributed by atoms with Crippen LogP contribution in [-0.4, -0.2) is 52.0 Å². The van der Waals surface area contributed by atoms with E-state index in [2.05, 4.69) is 27.4 Å². The number of likely N-dealkylation sites (tertiary alicyclic amines) is 1. The first kappa shape index (κ1) is 16.2. The number of H-pyrrole nitrogens is 1. The molecule has 1 aliphatic heterocycles. The number of carbonyl (C=O) groups excluding carboxylic acids is 2. The normalized spacial score (nSPS) is 16.7. The van der Waals surface area contributed by atoms with Crippen molar-refractivity contribution in [2.24, 2.45) is 0 Å². The minimum atomic E-state index is -0.204. The smallest absolute Gasteiger partial charge is 0.255 e. The van der Waals surface area contributed by atoms with Crippen LogP contribution < -0.4 is 5.32 Å². The summed E-state index contributed by atoms with van der Waals surface area (Å²) >= 11 is 0. The lowest BCUT2D eigenvalue weighted by atomic mass is 9.76. The van der Waals surface area contributed by atoms with Gasteiger partial charge in [0.15, 0.2) is 0 Å². The molecule has 1 aliphatic rings. The van der Waals surface area contributed by atoms with Crippen LogP contribution in [0.1, 0.15) is 46.2 Å². The van der Waals surface area contributed by atoms with Gasteiger partial charge in [-0.2, -0.15) is 5.10 Å². The zero-order valence-electron chi connectivity index (χ0n) is 13.9. The second kappa shape index (κ2) is 6.43. The number of nitrogens with zero attached hydrogens (tertiary/aromatic N) is 3. The van der Waals surface area contributed by atoms with Crippen molar-refractivity contribution in [1.29, 1.82) is 0 Å². The molecule has 2 amide bonds. The Morgan fingerprint density at radius 2 is 2.04 bits per heavy atom. The van der Waals surface area contributed by atoms with Gasteiger partial charge in [-0.05, 0) is 25.0 Å². The lowest BCUT2D eigenvalue weighted by molar-refractivity contribution is 0.0671. The van der Waals surface area contributed by atoms with Gasteiger partial charge in [0.1, 0.15) is 0 Å². The quantitative estimate of drug-likeness (QED) is 0.890. The topological polar surface area (TPSA) is 91.0 Å². The third kappa shape index (κ3) is 2.89. The fraction of sp³-hybridized carbons (Fsp3) is 0.412. The molecule has 126 valence electrons. The summed E-state index contributed by atoms with van der Waals surface area (Å²) < 4.78 is 0. The molecule has 7 nitrogen and oxygen atoms in total. The molecule has 0 spiro atoms. The molecular formula is C17H21N5O2. The van der Waals surface area contributed by atoms with Gasteiger partial charge >= 0.3 is 0 Å². The molecule has 3 rings (SSSR count). The molecule has 2 N–H and O–H groups in total. The van der Waals surface area contributed by atoms with Crippen LogP contribution in [0.4, 0.5) is 0 Å². The minimum absolute atomic E-state index is 0.00119. The SMILES string of the molecule is CNC(=O)c1cn[nH]c1C1(C)CCN(C(=O)c2cccnc2)CC1. The Morgan fingerprint density at radius 1 is 1.29 bits per heavy atom. The van der Waals surface area contributed by atoms with Gasteiger partial charge in [0.25, 0.3) is 11.8 Å². The summed E-state index contributed by atoms with van der Waals surface area (Å²) in [5.41, 5.74) is 1.82. The number of carbonyl (C=O) groups is 2. The van der Waals surface area contributed by atoms with Crippen LogP contribution in [-0.2, 0) is 5.41 Å². The Labute approximate surface area is 140 Å². The average Bonchev–Trinajstić information content (AvgIpc) is 3.12. The monoisotopic (exact) mass is 327 g/mol. The summed E-state index contributed by atoms with van der Waals surface area (Å²) in [5.74, 6) is -0.143. The predicted molar refractivity (Wildman–Crippen MR) is 88.7 cm³/mol. The van der Waals surface area contributed by atoms with Gasteiger partial charge in [0.05, 0.1) is 23.0 Å². The summed E-state index contributed by atoms with van der Waals surface area (Å²) in [7, 11) is 1.61. The number of hydrogen-bond donors (Lipinski definition) is 2. The van der Waals surface area contributed by atoms with Gasteiger partial charge in [-0.1, -0.05) is 6.92 Å². The Hall–Kier alpha value is -2.70. The third-order valence-electron chi connectivity index (χ3n) is 4.78. The zero-order valence-corrected chi connectivity index (χ0v) is 13.9. The molecule has 1 fully saturated rings. The third-order valence-corrected chi connectivity index (χ3v) is 4.78. The molecule has 0 radical (unpaired) electrons. The lowest BCUT2D eigenvalue weighted by Crippen LogP contribution is -2.44. The van der Waals surface area contributed by atoms with Gasteiger partial charge in [0.2, 0.25) is 0 Å². The molecule has 1 saturated heterocycles. The number of aromatic nitrogens is 3. The maximum atomic E-state index is 12.5. The molecule has 2 aromatic heterocycles. The molecule has 3 heterocycles. The number of piperidine rings is 1. The van der Waals surface area contributed by atoms with Crippen molar-refractivity contribution in [3.8, 4) is 0 Å². The van der Waals surface area contributed by atoms with E-state index in [9.17, 15) is 9.59 Å². The van der Waals surface area contributed by atoms with Crippen molar-refractivity contribution in [2.45, 2.75) is 25.2 Å². The van der Waals surface area contributed by atoms with Crippen LogP contribution in [0.3, 0.4) is 0 Å². The lowest BCUT2D eigenvalue weighted by Gasteiger charge is -2.39. The molecule has 0 unspecified atom stereocenters. The number of pyridine rings is 1. The highest BCUT2D eigenvalue weighted by molar-refractivity contribution is 5.95. The van der Waals surface area contributed by atoms with Crippen molar-refractivity contribution in [1.82, 2.24) is 25.4 Å². The van der Waals surface area contributed by atoms with Crippen molar-refractivity contribution >= 4 is 11.8 Å². The highest BCUT2D eigenvalue weighted by Gasteiger charge is 2.37. The van der Waals surface area contributed by atoms with E-state index in [4.69, 9.17) is 0 Å². The van der Waals surface area contributed by atoms with Crippen molar-refractivity contribution in [3.63, 3.8) is 0 Å². The molecule has 2 aromatic rings. The van der Waals surface area contributed by atoms with E-state index in [1.807, 2.05) is 4.90 Å². The largest absolute Gasteiger partial charge is 0.355 e. The van der Waals surface area contributed by atoms with Gasteiger partial charge in [-0.25, -0.2) is 0 Å². The van der Waals surface area contributed by atoms with E-state index >= 15 is 0 Å². The van der Waals surface area contributed by atoms with E-state index in [0.29, 0.717) is 24.2 Å². The zero-order chi connectivity index (χ0) is 17.2. The van der Waals surface area contributed by atoms with E-state index in [1.165, 1.54) is 0 Å². The maximum Gasteiger partial charge on any atom is 0.255 e. The molecule has 0 aromatic carbocycles. The Bertz CT molecular complexity index is 732. The van der Waals surface area contributed by atoms with Gasteiger partial charge in [0, 0.05) is 37.9 Å². The number of rotatable bonds is 3. The number of hydrogen-bond acceptors (Lipinski definition) is 4. The standard InChI is InChI=1S/C17H21N5O2/c1-17(14-13(11-20-21-14)15(23)18-2)5-8-22(9-6-17)16(24)12-4-3-7-19-10-12/h3-4,7,10-11H,5-6,8-9H2,1-2H3,(H,18,23)(H,20,21). The highest BCUT2D eigenvalue weighted by atomic mass is 16.2. The molecule has 24 heavy (non-hydrogen) atoms. The summed E-state index contributed by atoms with van der Waals surface area (Å²) in [6.45, 7) is 3.38. The van der Waals surface area contributed by atoms with Crippen LogP contribution >= 0.6 is 0 Å². The first-order chi connectivity index (χ1) is 11.5. The predicted octanol–water partition coefficient (Wildman–Crippen LogP) is 1.36. The first-order valence-electron chi connectivity index (χ1n) is 8.00. The second-order valence-electron chi connectivity index (χ2n) is 6.33. The van der Waals surface area contributed by atoms with E-state index in [0.717, 1.165) is 18.5 Å². The van der Waals surface area contributed by atoms with Crippen molar-refractivity contribution in [2.75, 3.05) is 20.1 Å². The molecule has 0 bridgehead atoms. The first-order valence-corrected chi connectivity index (χ1v) is 8.00. The van der Waals surface area contributed by atoms with Crippen molar-refractivity contribution < 1.29 is 9.59 Å². The molecule has 0 saturated carbocycles. The molecular weight excluding hydrogens is 306 g/mol. The summed E-state index contributed by atoms with van der Waals surface area (Å²) in [6, 6.07) is 3.54. The van der Waals surface area contributed by atoms with Gasteiger partial charge < -0.3 is 10.2 Å². The highest BCUT2D eigenvalue weighted by Crippen LogP contribution is 2.36. The van der Waals surface area contributed by atoms with E-state index in [1.54, 1.807) is 37.8 Å². The van der Waals surface area contributed by atoms with Crippen LogP contribution in [0, 0.1) is 0 Å². The molecule has 7 heteroatoms. The molecule has 0 atom stereocenters. The fourth-order valence-corrected chi connectivity index (χ4v) is 3.18. The second-order valence-corrected chi connectivity index (χ2v) is 6.33.